The van der Waals surface area contributed by atoms with Crippen LogP contribution in [0.25, 0.3) is 11.0 Å². The van der Waals surface area contributed by atoms with Gasteiger partial charge in [0, 0.05) is 11.6 Å². The summed E-state index contributed by atoms with van der Waals surface area (Å²) in [5.74, 6) is 1.58. The molecule has 0 aliphatic rings. The topological polar surface area (TPSA) is 56.1 Å². The second-order valence-electron chi connectivity index (χ2n) is 7.49. The van der Waals surface area contributed by atoms with Crippen LogP contribution in [0.1, 0.15) is 29.9 Å². The Kier molecular flexibility index (Phi) is 6.23. The van der Waals surface area contributed by atoms with E-state index in [4.69, 9.17) is 21.3 Å². The number of para-hydroxylation sites is 2. The second kappa shape index (κ2) is 9.23. The zero-order valence-corrected chi connectivity index (χ0v) is 18.3. The average Bonchev–Trinajstić information content (AvgIpc) is 3.14. The quantitative estimate of drug-likeness (QED) is 0.437. The summed E-state index contributed by atoms with van der Waals surface area (Å²) < 4.78 is 7.42. The third-order valence-corrected chi connectivity index (χ3v) is 5.48. The van der Waals surface area contributed by atoms with Crippen LogP contribution in [-0.2, 0) is 17.8 Å². The van der Waals surface area contributed by atoms with Gasteiger partial charge in [-0.25, -0.2) is 4.98 Å². The van der Waals surface area contributed by atoms with E-state index in [0.29, 0.717) is 18.0 Å². The monoisotopic (exact) mass is 433 g/mol. The molecule has 1 N–H and O–H groups in total. The number of amides is 1. The summed E-state index contributed by atoms with van der Waals surface area (Å²) in [6.45, 7) is 2.61. The Morgan fingerprint density at radius 1 is 1.03 bits per heavy atom. The molecule has 31 heavy (non-hydrogen) atoms. The zero-order valence-electron chi connectivity index (χ0n) is 17.5. The van der Waals surface area contributed by atoms with Crippen molar-refractivity contribution in [3.8, 4) is 5.75 Å². The molecule has 0 spiro atoms. The van der Waals surface area contributed by atoms with Crippen molar-refractivity contribution in [3.63, 3.8) is 0 Å². The zero-order chi connectivity index (χ0) is 21.8. The summed E-state index contributed by atoms with van der Waals surface area (Å²) >= 11 is 5.93. The lowest BCUT2D eigenvalue weighted by Gasteiger charge is -2.17. The predicted molar refractivity (Wildman–Crippen MR) is 124 cm³/mol. The number of nitrogens with one attached hydrogen (secondary N) is 1. The minimum atomic E-state index is -0.245. The largest absolute Gasteiger partial charge is 0.497 e. The van der Waals surface area contributed by atoms with Crippen LogP contribution in [0.4, 0.5) is 0 Å². The molecule has 1 unspecified atom stereocenters. The first kappa shape index (κ1) is 20.9. The van der Waals surface area contributed by atoms with Gasteiger partial charge >= 0.3 is 0 Å². The highest BCUT2D eigenvalue weighted by molar-refractivity contribution is 6.30. The van der Waals surface area contributed by atoms with E-state index in [9.17, 15) is 4.79 Å². The highest BCUT2D eigenvalue weighted by atomic mass is 35.5. The van der Waals surface area contributed by atoms with Gasteiger partial charge in [0.15, 0.2) is 0 Å². The van der Waals surface area contributed by atoms with Crippen molar-refractivity contribution in [2.45, 2.75) is 25.9 Å². The Morgan fingerprint density at radius 3 is 2.42 bits per heavy atom. The maximum atomic E-state index is 12.6. The Morgan fingerprint density at radius 2 is 1.71 bits per heavy atom. The van der Waals surface area contributed by atoms with Crippen LogP contribution in [-0.4, -0.2) is 22.6 Å². The van der Waals surface area contributed by atoms with Crippen LogP contribution in [0.2, 0.25) is 5.02 Å². The summed E-state index contributed by atoms with van der Waals surface area (Å²) in [4.78, 5) is 17.5. The molecule has 0 aliphatic heterocycles. The lowest BCUT2D eigenvalue weighted by atomic mass is 10.1. The maximum Gasteiger partial charge on any atom is 0.224 e. The first-order valence-electron chi connectivity index (χ1n) is 10.2. The van der Waals surface area contributed by atoms with Gasteiger partial charge in [-0.3, -0.25) is 4.79 Å². The molecule has 0 aliphatic carbocycles. The standard InChI is InChI=1S/C25H24ClN3O2/c1-17(27-24(30)15-18-7-11-20(26)12-8-18)25-28-22-5-3-4-6-23(22)29(25)16-19-9-13-21(31-2)14-10-19/h3-14,17H,15-16H2,1-2H3,(H,27,30). The molecular formula is C25H24ClN3O2. The van der Waals surface area contributed by atoms with Crippen molar-refractivity contribution in [3.05, 3.63) is 94.8 Å². The van der Waals surface area contributed by atoms with E-state index in [-0.39, 0.29) is 11.9 Å². The number of nitrogens with zero attached hydrogens (tertiary/aromatic N) is 2. The first-order valence-corrected chi connectivity index (χ1v) is 10.5. The number of hydrogen-bond donors (Lipinski definition) is 1. The lowest BCUT2D eigenvalue weighted by Crippen LogP contribution is -2.30. The molecule has 1 atom stereocenters. The number of ether oxygens (including phenoxy) is 1. The lowest BCUT2D eigenvalue weighted by molar-refractivity contribution is -0.121. The summed E-state index contributed by atoms with van der Waals surface area (Å²) in [6, 6.07) is 23.1. The molecule has 0 saturated heterocycles. The van der Waals surface area contributed by atoms with Crippen LogP contribution < -0.4 is 10.1 Å². The molecule has 5 nitrogen and oxygen atoms in total. The van der Waals surface area contributed by atoms with Crippen LogP contribution in [0, 0.1) is 0 Å². The van der Waals surface area contributed by atoms with Gasteiger partial charge in [0.2, 0.25) is 5.91 Å². The van der Waals surface area contributed by atoms with Crippen LogP contribution in [0.5, 0.6) is 5.75 Å². The summed E-state index contributed by atoms with van der Waals surface area (Å²) in [7, 11) is 1.66. The van der Waals surface area contributed by atoms with Crippen LogP contribution >= 0.6 is 11.6 Å². The minimum absolute atomic E-state index is 0.0575. The molecule has 0 bridgehead atoms. The summed E-state index contributed by atoms with van der Waals surface area (Å²) in [5, 5.41) is 3.75. The van der Waals surface area contributed by atoms with Crippen molar-refractivity contribution in [2.24, 2.45) is 0 Å². The first-order chi connectivity index (χ1) is 15.0. The van der Waals surface area contributed by atoms with Crippen LogP contribution in [0.15, 0.2) is 72.8 Å². The van der Waals surface area contributed by atoms with Crippen molar-refractivity contribution in [2.75, 3.05) is 7.11 Å². The fourth-order valence-corrected chi connectivity index (χ4v) is 3.78. The number of methoxy groups -OCH3 is 1. The van der Waals surface area contributed by atoms with Crippen LogP contribution in [0.3, 0.4) is 0 Å². The number of benzene rings is 3. The van der Waals surface area contributed by atoms with Crippen molar-refractivity contribution in [1.82, 2.24) is 14.9 Å². The maximum absolute atomic E-state index is 12.6. The molecular weight excluding hydrogens is 410 g/mol. The third kappa shape index (κ3) is 4.89. The molecule has 0 fully saturated rings. The molecule has 1 aromatic heterocycles. The van der Waals surface area contributed by atoms with Gasteiger partial charge < -0.3 is 14.6 Å². The number of fused-ring (bicyclic) bond motifs is 1. The normalized spacial score (nSPS) is 12.0. The number of aromatic nitrogens is 2. The molecule has 0 radical (unpaired) electrons. The highest BCUT2D eigenvalue weighted by Gasteiger charge is 2.19. The minimum Gasteiger partial charge on any atom is -0.497 e. The fourth-order valence-electron chi connectivity index (χ4n) is 3.65. The van der Waals surface area contributed by atoms with E-state index in [1.807, 2.05) is 61.5 Å². The van der Waals surface area contributed by atoms with E-state index < -0.39 is 0 Å². The molecule has 6 heteroatoms. The van der Waals surface area contributed by atoms with Gasteiger partial charge in [-0.15, -0.1) is 0 Å². The predicted octanol–water partition coefficient (Wildman–Crippen LogP) is 5.17. The Balaban J connectivity index is 1.57. The second-order valence-corrected chi connectivity index (χ2v) is 7.92. The Labute approximate surface area is 186 Å². The van der Waals surface area contributed by atoms with E-state index in [1.165, 1.54) is 0 Å². The van der Waals surface area contributed by atoms with Gasteiger partial charge in [-0.05, 0) is 54.4 Å². The Bertz CT molecular complexity index is 1180. The van der Waals surface area contributed by atoms with E-state index in [0.717, 1.165) is 33.7 Å². The van der Waals surface area contributed by atoms with Crippen molar-refractivity contribution >= 4 is 28.5 Å². The molecule has 158 valence electrons. The third-order valence-electron chi connectivity index (χ3n) is 5.23. The SMILES string of the molecule is COc1ccc(Cn2c(C(C)NC(=O)Cc3ccc(Cl)cc3)nc3ccccc32)cc1. The fraction of sp³-hybridized carbons (Fsp3) is 0.200. The number of carbonyl (C=O) groups excluding carboxylic acids is 1. The molecule has 1 heterocycles. The molecule has 1 amide bonds. The van der Waals surface area contributed by atoms with Gasteiger partial charge in [0.1, 0.15) is 11.6 Å². The molecule has 4 rings (SSSR count). The molecule has 4 aromatic rings. The highest BCUT2D eigenvalue weighted by Crippen LogP contribution is 2.23. The van der Waals surface area contributed by atoms with Gasteiger partial charge in [0.05, 0.1) is 30.6 Å². The smallest absolute Gasteiger partial charge is 0.224 e. The molecule has 0 saturated carbocycles. The van der Waals surface area contributed by atoms with E-state index >= 15 is 0 Å². The summed E-state index contributed by atoms with van der Waals surface area (Å²) in [5.41, 5.74) is 3.99. The van der Waals surface area contributed by atoms with E-state index in [1.54, 1.807) is 19.2 Å². The number of halogens is 1. The van der Waals surface area contributed by atoms with Gasteiger partial charge in [-0.2, -0.15) is 0 Å². The van der Waals surface area contributed by atoms with Gasteiger partial charge in [0.25, 0.3) is 0 Å². The average molecular weight is 434 g/mol. The van der Waals surface area contributed by atoms with Gasteiger partial charge in [-0.1, -0.05) is 48.0 Å². The van der Waals surface area contributed by atoms with E-state index in [2.05, 4.69) is 16.0 Å². The molecule has 3 aromatic carbocycles. The number of rotatable bonds is 7. The Hall–Kier alpha value is -3.31. The number of hydrogen-bond acceptors (Lipinski definition) is 3. The van der Waals surface area contributed by atoms with Crippen molar-refractivity contribution < 1.29 is 9.53 Å². The number of imidazole rings is 1. The van der Waals surface area contributed by atoms with Crippen molar-refractivity contribution in [1.29, 1.82) is 0 Å². The summed E-state index contributed by atoms with van der Waals surface area (Å²) in [6.07, 6.45) is 0.292. The number of carbonyl (C=O) groups is 1.